The number of allylic oxidation sites excluding steroid dienone is 1. The molecule has 0 bridgehead atoms. The number of aromatic nitrogens is 2. The summed E-state index contributed by atoms with van der Waals surface area (Å²) in [6.07, 6.45) is 3.74. The Hall–Kier alpha value is -3.38. The normalized spacial score (nSPS) is 12.5. The van der Waals surface area contributed by atoms with Crippen LogP contribution in [0, 0.1) is 5.92 Å². The fraction of sp³-hybridized carbons (Fsp3) is 0.192. The number of pyridine rings is 1. The Morgan fingerprint density at radius 2 is 1.72 bits per heavy atom. The summed E-state index contributed by atoms with van der Waals surface area (Å²) in [7, 11) is 0.118. The minimum absolute atomic E-state index is 0.215. The zero-order chi connectivity index (χ0) is 22.9. The van der Waals surface area contributed by atoms with E-state index in [0.717, 1.165) is 22.2 Å². The first-order valence-corrected chi connectivity index (χ1v) is 12.0. The van der Waals surface area contributed by atoms with Crippen LogP contribution in [0.4, 0.5) is 5.69 Å². The molecule has 5 nitrogen and oxygen atoms in total. The summed E-state index contributed by atoms with van der Waals surface area (Å²) in [5.74, 6) is 0.215. The van der Waals surface area contributed by atoms with E-state index in [0.29, 0.717) is 11.3 Å². The first-order valence-electron chi connectivity index (χ1n) is 10.6. The van der Waals surface area contributed by atoms with Gasteiger partial charge in [-0.2, -0.15) is 0 Å². The minimum atomic E-state index is -3.87. The summed E-state index contributed by atoms with van der Waals surface area (Å²) in [5, 5.41) is 0.778. The number of hydrogen-bond donors (Lipinski definition) is 0. The van der Waals surface area contributed by atoms with Crippen LogP contribution >= 0.6 is 0 Å². The van der Waals surface area contributed by atoms with Gasteiger partial charge in [-0.15, -0.1) is 0 Å². The number of rotatable bonds is 6. The van der Waals surface area contributed by atoms with E-state index in [2.05, 4.69) is 31.0 Å². The molecular formula is C26H27N3O2S. The van der Waals surface area contributed by atoms with E-state index in [-0.39, 0.29) is 10.8 Å². The maximum absolute atomic E-state index is 13.8. The highest BCUT2D eigenvalue weighted by Crippen LogP contribution is 2.34. The standard InChI is InChI=1S/C26H27N3O2S/c1-19(2)16-24(20-10-8-12-22(17-20)28(3)4)25-18-21-11-9-15-27-26(21)29(25)32(30,31)23-13-6-5-7-14-23/h5-19H,1-4H3. The lowest BCUT2D eigenvalue weighted by Crippen LogP contribution is -2.16. The quantitative estimate of drug-likeness (QED) is 0.397. The number of nitrogens with zero attached hydrogens (tertiary/aromatic N) is 3. The van der Waals surface area contributed by atoms with Gasteiger partial charge in [0.15, 0.2) is 5.65 Å². The molecule has 0 aliphatic rings. The van der Waals surface area contributed by atoms with Gasteiger partial charge >= 0.3 is 0 Å². The highest BCUT2D eigenvalue weighted by molar-refractivity contribution is 7.90. The van der Waals surface area contributed by atoms with Gasteiger partial charge in [-0.05, 0) is 53.9 Å². The van der Waals surface area contributed by atoms with Crippen molar-refractivity contribution in [2.75, 3.05) is 19.0 Å². The molecule has 0 unspecified atom stereocenters. The summed E-state index contributed by atoms with van der Waals surface area (Å²) in [5.41, 5.74) is 3.89. The van der Waals surface area contributed by atoms with Crippen LogP contribution in [-0.2, 0) is 10.0 Å². The van der Waals surface area contributed by atoms with Crippen molar-refractivity contribution < 1.29 is 8.42 Å². The summed E-state index contributed by atoms with van der Waals surface area (Å²) in [4.78, 5) is 6.71. The molecule has 0 saturated heterocycles. The van der Waals surface area contributed by atoms with E-state index >= 15 is 0 Å². The average Bonchev–Trinajstić information content (AvgIpc) is 3.18. The van der Waals surface area contributed by atoms with Crippen molar-refractivity contribution in [3.8, 4) is 0 Å². The van der Waals surface area contributed by atoms with Gasteiger partial charge in [0.25, 0.3) is 10.0 Å². The van der Waals surface area contributed by atoms with Crippen molar-refractivity contribution in [3.05, 3.63) is 96.3 Å². The molecule has 32 heavy (non-hydrogen) atoms. The van der Waals surface area contributed by atoms with Crippen molar-refractivity contribution in [1.82, 2.24) is 8.96 Å². The van der Waals surface area contributed by atoms with Crippen molar-refractivity contribution in [2.24, 2.45) is 5.92 Å². The van der Waals surface area contributed by atoms with Crippen LogP contribution in [0.25, 0.3) is 16.6 Å². The molecular weight excluding hydrogens is 418 g/mol. The highest BCUT2D eigenvalue weighted by atomic mass is 32.2. The lowest BCUT2D eigenvalue weighted by atomic mass is 9.98. The molecule has 164 valence electrons. The van der Waals surface area contributed by atoms with Crippen molar-refractivity contribution >= 4 is 32.3 Å². The third-order valence-electron chi connectivity index (χ3n) is 5.25. The summed E-state index contributed by atoms with van der Waals surface area (Å²) in [6, 6.07) is 22.3. The van der Waals surface area contributed by atoms with Crippen molar-refractivity contribution in [1.29, 1.82) is 0 Å². The molecule has 2 aromatic heterocycles. The van der Waals surface area contributed by atoms with Gasteiger partial charge in [0.1, 0.15) is 0 Å². The molecule has 0 N–H and O–H groups in total. The zero-order valence-corrected chi connectivity index (χ0v) is 19.5. The van der Waals surface area contributed by atoms with E-state index in [4.69, 9.17) is 0 Å². The molecule has 0 radical (unpaired) electrons. The molecule has 0 atom stereocenters. The van der Waals surface area contributed by atoms with E-state index in [1.54, 1.807) is 30.5 Å². The first kappa shape index (κ1) is 21.8. The topological polar surface area (TPSA) is 55.2 Å². The van der Waals surface area contributed by atoms with E-state index in [1.165, 1.54) is 3.97 Å². The van der Waals surface area contributed by atoms with Gasteiger partial charge in [0, 0.05) is 36.9 Å². The Labute approximate surface area is 189 Å². The van der Waals surface area contributed by atoms with Gasteiger partial charge in [-0.25, -0.2) is 17.4 Å². The largest absolute Gasteiger partial charge is 0.378 e. The fourth-order valence-electron chi connectivity index (χ4n) is 3.75. The Kier molecular flexibility index (Phi) is 5.89. The predicted octanol–water partition coefficient (Wildman–Crippen LogP) is 5.43. The molecule has 0 aliphatic heterocycles. The number of benzene rings is 2. The SMILES string of the molecule is CC(C)C=C(c1cccc(N(C)C)c1)c1cc2cccnc2n1S(=O)(=O)c1ccccc1. The second-order valence-electron chi connectivity index (χ2n) is 8.30. The van der Waals surface area contributed by atoms with E-state index in [1.807, 2.05) is 61.5 Å². The molecule has 0 saturated carbocycles. The molecule has 6 heteroatoms. The third kappa shape index (κ3) is 4.06. The molecule has 4 aromatic rings. The van der Waals surface area contributed by atoms with Gasteiger partial charge < -0.3 is 4.90 Å². The number of fused-ring (bicyclic) bond motifs is 1. The van der Waals surface area contributed by atoms with Crippen LogP contribution < -0.4 is 4.90 Å². The lowest BCUT2D eigenvalue weighted by molar-refractivity contribution is 0.588. The van der Waals surface area contributed by atoms with Crippen LogP contribution in [-0.4, -0.2) is 31.5 Å². The fourth-order valence-corrected chi connectivity index (χ4v) is 5.26. The Bertz CT molecular complexity index is 1390. The Morgan fingerprint density at radius 3 is 2.41 bits per heavy atom. The van der Waals surface area contributed by atoms with E-state index in [9.17, 15) is 8.42 Å². The predicted molar refractivity (Wildman–Crippen MR) is 131 cm³/mol. The minimum Gasteiger partial charge on any atom is -0.378 e. The van der Waals surface area contributed by atoms with Gasteiger partial charge in [-0.3, -0.25) is 0 Å². The number of anilines is 1. The maximum atomic E-state index is 13.8. The molecule has 2 heterocycles. The molecule has 4 rings (SSSR count). The summed E-state index contributed by atoms with van der Waals surface area (Å²) in [6.45, 7) is 4.18. The lowest BCUT2D eigenvalue weighted by Gasteiger charge is -2.18. The molecule has 0 amide bonds. The third-order valence-corrected chi connectivity index (χ3v) is 6.97. The van der Waals surface area contributed by atoms with Crippen LogP contribution in [0.15, 0.2) is 90.0 Å². The van der Waals surface area contributed by atoms with Crippen molar-refractivity contribution in [3.63, 3.8) is 0 Å². The van der Waals surface area contributed by atoms with Crippen LogP contribution in [0.3, 0.4) is 0 Å². The monoisotopic (exact) mass is 445 g/mol. The van der Waals surface area contributed by atoms with Crippen LogP contribution in [0.1, 0.15) is 25.1 Å². The maximum Gasteiger partial charge on any atom is 0.269 e. The second-order valence-corrected chi connectivity index (χ2v) is 10.1. The molecule has 0 aliphatic carbocycles. The van der Waals surface area contributed by atoms with E-state index < -0.39 is 10.0 Å². The van der Waals surface area contributed by atoms with Gasteiger partial charge in [0.05, 0.1) is 10.6 Å². The van der Waals surface area contributed by atoms with Crippen LogP contribution in [0.2, 0.25) is 0 Å². The molecule has 2 aromatic carbocycles. The Morgan fingerprint density at radius 1 is 0.969 bits per heavy atom. The molecule has 0 fully saturated rings. The van der Waals surface area contributed by atoms with Gasteiger partial charge in [-0.1, -0.05) is 50.3 Å². The second kappa shape index (κ2) is 8.63. The first-order chi connectivity index (χ1) is 15.3. The Balaban J connectivity index is 2.05. The highest BCUT2D eigenvalue weighted by Gasteiger charge is 2.26. The van der Waals surface area contributed by atoms with Crippen molar-refractivity contribution in [2.45, 2.75) is 18.7 Å². The number of hydrogen-bond acceptors (Lipinski definition) is 4. The zero-order valence-electron chi connectivity index (χ0n) is 18.7. The smallest absolute Gasteiger partial charge is 0.269 e. The summed E-state index contributed by atoms with van der Waals surface area (Å²) >= 11 is 0. The average molecular weight is 446 g/mol. The van der Waals surface area contributed by atoms with Gasteiger partial charge in [0.2, 0.25) is 0 Å². The van der Waals surface area contributed by atoms with Crippen LogP contribution in [0.5, 0.6) is 0 Å². The molecule has 0 spiro atoms. The summed E-state index contributed by atoms with van der Waals surface area (Å²) < 4.78 is 29.0.